The van der Waals surface area contributed by atoms with Gasteiger partial charge in [-0.3, -0.25) is 0 Å². The molecule has 0 aromatic heterocycles. The average Bonchev–Trinajstić information content (AvgIpc) is 3.13. The van der Waals surface area contributed by atoms with Crippen molar-refractivity contribution in [2.24, 2.45) is 0 Å². The fourth-order valence-corrected chi connectivity index (χ4v) is 3.63. The van der Waals surface area contributed by atoms with Gasteiger partial charge in [-0.05, 0) is 43.0 Å². The van der Waals surface area contributed by atoms with E-state index in [1.165, 1.54) is 0 Å². The largest absolute Gasteiger partial charge is 0.496 e. The number of benzene rings is 2. The van der Waals surface area contributed by atoms with Crippen LogP contribution in [0.5, 0.6) is 5.75 Å². The summed E-state index contributed by atoms with van der Waals surface area (Å²) < 4.78 is 5.43. The lowest BCUT2D eigenvalue weighted by molar-refractivity contribution is 0.0335. The van der Waals surface area contributed by atoms with Crippen LogP contribution in [-0.2, 0) is 0 Å². The van der Waals surface area contributed by atoms with Crippen molar-refractivity contribution in [1.29, 1.82) is 0 Å². The Bertz CT molecular complexity index is 785. The Balaban J connectivity index is 1.64. The Labute approximate surface area is 161 Å². The smallest absolute Gasteiger partial charge is 0.321 e. The van der Waals surface area contributed by atoms with Gasteiger partial charge in [-0.15, -0.1) is 0 Å². The number of hydrogen-bond acceptors (Lipinski definition) is 3. The molecule has 1 aliphatic carbocycles. The van der Waals surface area contributed by atoms with Gasteiger partial charge in [0.15, 0.2) is 0 Å². The van der Waals surface area contributed by atoms with E-state index in [-0.39, 0.29) is 6.03 Å². The van der Waals surface area contributed by atoms with Gasteiger partial charge in [0.05, 0.1) is 12.7 Å². The van der Waals surface area contributed by atoms with Crippen LogP contribution in [0.15, 0.2) is 48.5 Å². The maximum atomic E-state index is 12.5. The number of carbonyl (C=O) groups excluding carboxylic acids is 1. The van der Waals surface area contributed by atoms with E-state index in [9.17, 15) is 9.90 Å². The minimum atomic E-state index is -0.599. The fraction of sp³-hybridized carbons (Fsp3) is 0.409. The molecule has 1 fully saturated rings. The van der Waals surface area contributed by atoms with E-state index in [0.717, 1.165) is 48.2 Å². The molecule has 5 nitrogen and oxygen atoms in total. The number of anilines is 1. The number of para-hydroxylation sites is 1. The molecule has 0 atom stereocenters. The molecule has 0 aliphatic heterocycles. The molecule has 0 unspecified atom stereocenters. The van der Waals surface area contributed by atoms with Crippen LogP contribution in [0.4, 0.5) is 10.5 Å². The minimum Gasteiger partial charge on any atom is -0.496 e. The number of nitrogens with one attached hydrogen (secondary N) is 1. The molecule has 2 aromatic carbocycles. The van der Waals surface area contributed by atoms with Crippen molar-refractivity contribution in [3.8, 4) is 16.9 Å². The average molecular weight is 368 g/mol. The fourth-order valence-electron chi connectivity index (χ4n) is 3.63. The Morgan fingerprint density at radius 2 is 1.93 bits per heavy atom. The molecule has 0 radical (unpaired) electrons. The normalized spacial score (nSPS) is 15.4. The lowest BCUT2D eigenvalue weighted by Crippen LogP contribution is -2.36. The first-order chi connectivity index (χ1) is 13.0. The monoisotopic (exact) mass is 368 g/mol. The summed E-state index contributed by atoms with van der Waals surface area (Å²) in [5, 5.41) is 13.4. The molecule has 2 aromatic rings. The number of rotatable bonds is 6. The third kappa shape index (κ3) is 4.80. The highest BCUT2D eigenvalue weighted by Gasteiger charge is 2.31. The summed E-state index contributed by atoms with van der Waals surface area (Å²) in [4.78, 5) is 14.1. The number of carbonyl (C=O) groups is 1. The second kappa shape index (κ2) is 8.44. The summed E-state index contributed by atoms with van der Waals surface area (Å²) in [6.45, 7) is 0.536. The van der Waals surface area contributed by atoms with Gasteiger partial charge in [0.25, 0.3) is 0 Å². The Kier molecular flexibility index (Phi) is 6.01. The number of urea groups is 1. The Morgan fingerprint density at radius 3 is 2.67 bits per heavy atom. The Morgan fingerprint density at radius 1 is 1.19 bits per heavy atom. The molecule has 5 heteroatoms. The molecule has 0 bridgehead atoms. The third-order valence-corrected chi connectivity index (χ3v) is 5.33. The van der Waals surface area contributed by atoms with Crippen LogP contribution in [0.2, 0.25) is 0 Å². The molecule has 1 saturated carbocycles. The van der Waals surface area contributed by atoms with Crippen molar-refractivity contribution in [3.05, 3.63) is 48.5 Å². The lowest BCUT2D eigenvalue weighted by Gasteiger charge is -2.26. The molecule has 0 heterocycles. The van der Waals surface area contributed by atoms with Gasteiger partial charge in [-0.1, -0.05) is 43.2 Å². The maximum Gasteiger partial charge on any atom is 0.321 e. The molecular weight excluding hydrogens is 340 g/mol. The number of amides is 2. The molecule has 2 amide bonds. The first-order valence-electron chi connectivity index (χ1n) is 9.49. The lowest BCUT2D eigenvalue weighted by atomic mass is 9.98. The molecule has 2 N–H and O–H groups in total. The van der Waals surface area contributed by atoms with Crippen molar-refractivity contribution in [2.45, 2.75) is 37.7 Å². The first-order valence-corrected chi connectivity index (χ1v) is 9.49. The highest BCUT2D eigenvalue weighted by molar-refractivity contribution is 5.90. The first kappa shape index (κ1) is 19.2. The zero-order chi connectivity index (χ0) is 19.3. The molecule has 1 aliphatic rings. The van der Waals surface area contributed by atoms with Crippen molar-refractivity contribution in [3.63, 3.8) is 0 Å². The van der Waals surface area contributed by atoms with Gasteiger partial charge in [-0.2, -0.15) is 0 Å². The van der Waals surface area contributed by atoms with Crippen LogP contribution < -0.4 is 10.1 Å². The summed E-state index contributed by atoms with van der Waals surface area (Å²) in [6.07, 6.45) is 4.44. The van der Waals surface area contributed by atoms with E-state index >= 15 is 0 Å². The summed E-state index contributed by atoms with van der Waals surface area (Å²) in [7, 11) is 3.41. The quantitative estimate of drug-likeness (QED) is 0.788. The molecular formula is C22H28N2O3. The SMILES string of the molecule is COc1ccccc1-c1cccc(NC(=O)N(C)CCC2(O)CCCC2)c1. The molecule has 27 heavy (non-hydrogen) atoms. The third-order valence-electron chi connectivity index (χ3n) is 5.33. The molecule has 144 valence electrons. The van der Waals surface area contributed by atoms with Crippen molar-refractivity contribution >= 4 is 11.7 Å². The van der Waals surface area contributed by atoms with Crippen LogP contribution in [0.3, 0.4) is 0 Å². The minimum absolute atomic E-state index is 0.172. The highest BCUT2D eigenvalue weighted by atomic mass is 16.5. The summed E-state index contributed by atoms with van der Waals surface area (Å²) in [5.74, 6) is 0.794. The molecule has 3 rings (SSSR count). The zero-order valence-corrected chi connectivity index (χ0v) is 16.1. The predicted molar refractivity (Wildman–Crippen MR) is 108 cm³/mol. The highest BCUT2D eigenvalue weighted by Crippen LogP contribution is 2.33. The van der Waals surface area contributed by atoms with Crippen LogP contribution >= 0.6 is 0 Å². The second-order valence-electron chi connectivity index (χ2n) is 7.31. The second-order valence-corrected chi connectivity index (χ2v) is 7.31. The van der Waals surface area contributed by atoms with Crippen LogP contribution in [0.1, 0.15) is 32.1 Å². The maximum absolute atomic E-state index is 12.5. The van der Waals surface area contributed by atoms with Gasteiger partial charge < -0.3 is 20.1 Å². The van der Waals surface area contributed by atoms with E-state index in [1.54, 1.807) is 19.1 Å². The van der Waals surface area contributed by atoms with E-state index in [1.807, 2.05) is 48.5 Å². The van der Waals surface area contributed by atoms with Gasteiger partial charge in [-0.25, -0.2) is 4.79 Å². The van der Waals surface area contributed by atoms with Crippen LogP contribution in [0, 0.1) is 0 Å². The van der Waals surface area contributed by atoms with E-state index < -0.39 is 5.60 Å². The van der Waals surface area contributed by atoms with Gasteiger partial charge in [0.1, 0.15) is 5.75 Å². The van der Waals surface area contributed by atoms with Crippen LogP contribution in [0.25, 0.3) is 11.1 Å². The number of hydrogen-bond donors (Lipinski definition) is 2. The molecule has 0 spiro atoms. The summed E-state index contributed by atoms with van der Waals surface area (Å²) in [5.41, 5.74) is 2.09. The topological polar surface area (TPSA) is 61.8 Å². The zero-order valence-electron chi connectivity index (χ0n) is 16.1. The molecule has 0 saturated heterocycles. The van der Waals surface area contributed by atoms with E-state index in [2.05, 4.69) is 5.32 Å². The van der Waals surface area contributed by atoms with Crippen LogP contribution in [-0.4, -0.2) is 42.3 Å². The van der Waals surface area contributed by atoms with Gasteiger partial charge in [0, 0.05) is 24.8 Å². The standard InChI is InChI=1S/C22H28N2O3/c1-24(15-14-22(26)12-5-6-13-22)21(25)23-18-9-7-8-17(16-18)19-10-3-4-11-20(19)27-2/h3-4,7-11,16,26H,5-6,12-15H2,1-2H3,(H,23,25). The summed E-state index contributed by atoms with van der Waals surface area (Å²) >= 11 is 0. The van der Waals surface area contributed by atoms with Crippen molar-refractivity contribution in [1.82, 2.24) is 4.90 Å². The summed E-state index contributed by atoms with van der Waals surface area (Å²) in [6, 6.07) is 15.4. The van der Waals surface area contributed by atoms with Crippen molar-refractivity contribution in [2.75, 3.05) is 26.0 Å². The predicted octanol–water partition coefficient (Wildman–Crippen LogP) is 4.52. The number of methoxy groups -OCH3 is 1. The number of ether oxygens (including phenoxy) is 1. The van der Waals surface area contributed by atoms with Gasteiger partial charge >= 0.3 is 6.03 Å². The van der Waals surface area contributed by atoms with E-state index in [4.69, 9.17) is 4.74 Å². The number of aliphatic hydroxyl groups is 1. The van der Waals surface area contributed by atoms with Gasteiger partial charge in [0.2, 0.25) is 0 Å². The van der Waals surface area contributed by atoms with E-state index in [0.29, 0.717) is 13.0 Å². The van der Waals surface area contributed by atoms with Crippen molar-refractivity contribution < 1.29 is 14.6 Å². The Hall–Kier alpha value is -2.53. The number of nitrogens with zero attached hydrogens (tertiary/aromatic N) is 1.